The summed E-state index contributed by atoms with van der Waals surface area (Å²) in [5, 5.41) is 8.56. The number of rotatable bonds is 5. The number of aliphatic carboxylic acids is 1. The molecule has 1 aromatic carbocycles. The van der Waals surface area contributed by atoms with Gasteiger partial charge >= 0.3 is 5.97 Å². The van der Waals surface area contributed by atoms with Crippen LogP contribution in [0.1, 0.15) is 39.4 Å². The van der Waals surface area contributed by atoms with Gasteiger partial charge in [-0.2, -0.15) is 0 Å². The minimum Gasteiger partial charge on any atom is -0.480 e. The molecule has 1 atom stereocenters. The van der Waals surface area contributed by atoms with Crippen LogP contribution in [0.15, 0.2) is 0 Å². The maximum atomic E-state index is 10.4. The van der Waals surface area contributed by atoms with Gasteiger partial charge in [0, 0.05) is 0 Å². The first-order chi connectivity index (χ1) is 8.77. The average Bonchev–Trinajstić information content (AvgIpc) is 2.34. The van der Waals surface area contributed by atoms with Crippen molar-refractivity contribution in [2.45, 2.75) is 40.7 Å². The van der Waals surface area contributed by atoms with Crippen LogP contribution in [-0.4, -0.2) is 24.3 Å². The first-order valence-corrected chi connectivity index (χ1v) is 6.39. The first-order valence-electron chi connectivity index (χ1n) is 6.39. The van der Waals surface area contributed by atoms with Crippen LogP contribution in [0.3, 0.4) is 0 Å². The topological polar surface area (TPSA) is 72.5 Å². The summed E-state index contributed by atoms with van der Waals surface area (Å²) in [5.41, 5.74) is 13.3. The maximum absolute atomic E-state index is 10.4. The van der Waals surface area contributed by atoms with E-state index in [9.17, 15) is 4.79 Å². The molecule has 0 aliphatic rings. The summed E-state index contributed by atoms with van der Waals surface area (Å²) in [4.78, 5) is 10.4. The predicted octanol–water partition coefficient (Wildman–Crippen LogP) is 2.33. The Hall–Kier alpha value is -1.39. The van der Waals surface area contributed by atoms with E-state index in [4.69, 9.17) is 15.6 Å². The lowest BCUT2D eigenvalue weighted by Crippen LogP contribution is -2.22. The molecule has 1 aromatic rings. The standard InChI is InChI=1S/C15H23NO3/c1-8-9(2)11(4)15(12(5)10(8)3)13(16)6-19-7-14(17)18/h13H,6-7,16H2,1-5H3,(H,17,18). The fraction of sp³-hybridized carbons (Fsp3) is 0.533. The maximum Gasteiger partial charge on any atom is 0.329 e. The van der Waals surface area contributed by atoms with Crippen molar-refractivity contribution in [3.63, 3.8) is 0 Å². The van der Waals surface area contributed by atoms with E-state index in [0.717, 1.165) is 5.56 Å². The highest BCUT2D eigenvalue weighted by molar-refractivity contribution is 5.68. The van der Waals surface area contributed by atoms with E-state index in [-0.39, 0.29) is 19.3 Å². The lowest BCUT2D eigenvalue weighted by Gasteiger charge is -2.23. The van der Waals surface area contributed by atoms with E-state index >= 15 is 0 Å². The molecule has 0 spiro atoms. The fourth-order valence-corrected chi connectivity index (χ4v) is 2.44. The van der Waals surface area contributed by atoms with Gasteiger partial charge in [-0.1, -0.05) is 0 Å². The van der Waals surface area contributed by atoms with Gasteiger partial charge in [-0.15, -0.1) is 0 Å². The number of hydrogen-bond donors (Lipinski definition) is 2. The summed E-state index contributed by atoms with van der Waals surface area (Å²) in [6.07, 6.45) is 0. The average molecular weight is 265 g/mol. The Bertz CT molecular complexity index is 466. The first kappa shape index (κ1) is 15.7. The summed E-state index contributed by atoms with van der Waals surface area (Å²) in [5.74, 6) is -0.975. The Kier molecular flexibility index (Phi) is 5.09. The van der Waals surface area contributed by atoms with Crippen molar-refractivity contribution in [2.75, 3.05) is 13.2 Å². The SMILES string of the molecule is Cc1c(C)c(C)c(C(N)COCC(=O)O)c(C)c1C. The Balaban J connectivity index is 3.03. The van der Waals surface area contributed by atoms with Crippen molar-refractivity contribution < 1.29 is 14.6 Å². The molecule has 0 heterocycles. The Morgan fingerprint density at radius 2 is 1.47 bits per heavy atom. The molecule has 0 radical (unpaired) electrons. The third-order valence-corrected chi connectivity index (χ3v) is 3.95. The van der Waals surface area contributed by atoms with Gasteiger partial charge in [0.15, 0.2) is 0 Å². The molecule has 1 rings (SSSR count). The quantitative estimate of drug-likeness (QED) is 0.857. The summed E-state index contributed by atoms with van der Waals surface area (Å²) in [7, 11) is 0. The van der Waals surface area contributed by atoms with Crippen LogP contribution < -0.4 is 5.73 Å². The fourth-order valence-electron chi connectivity index (χ4n) is 2.44. The monoisotopic (exact) mass is 265 g/mol. The van der Waals surface area contributed by atoms with E-state index in [1.165, 1.54) is 27.8 Å². The highest BCUT2D eigenvalue weighted by Gasteiger charge is 2.18. The largest absolute Gasteiger partial charge is 0.480 e. The summed E-state index contributed by atoms with van der Waals surface area (Å²) in [6.45, 7) is 10.3. The molecule has 0 amide bonds. The molecule has 19 heavy (non-hydrogen) atoms. The van der Waals surface area contributed by atoms with Gasteiger partial charge in [0.25, 0.3) is 0 Å². The molecule has 4 heteroatoms. The molecule has 0 aliphatic carbocycles. The molecule has 4 nitrogen and oxygen atoms in total. The van der Waals surface area contributed by atoms with Crippen molar-refractivity contribution in [3.8, 4) is 0 Å². The molecule has 0 bridgehead atoms. The van der Waals surface area contributed by atoms with E-state index < -0.39 is 5.97 Å². The van der Waals surface area contributed by atoms with Gasteiger partial charge in [0.1, 0.15) is 6.61 Å². The smallest absolute Gasteiger partial charge is 0.329 e. The molecular formula is C15H23NO3. The minimum absolute atomic E-state index is 0.218. The Morgan fingerprint density at radius 3 is 1.89 bits per heavy atom. The zero-order valence-electron chi connectivity index (χ0n) is 12.3. The van der Waals surface area contributed by atoms with Crippen LogP contribution >= 0.6 is 0 Å². The summed E-state index contributed by atoms with van der Waals surface area (Å²) in [6, 6.07) is -0.294. The number of carbonyl (C=O) groups is 1. The van der Waals surface area contributed by atoms with Gasteiger partial charge in [0.2, 0.25) is 0 Å². The van der Waals surface area contributed by atoms with Crippen molar-refractivity contribution in [2.24, 2.45) is 5.73 Å². The van der Waals surface area contributed by atoms with Crippen LogP contribution in [0.4, 0.5) is 0 Å². The van der Waals surface area contributed by atoms with Gasteiger partial charge in [-0.3, -0.25) is 0 Å². The highest BCUT2D eigenvalue weighted by atomic mass is 16.5. The second-order valence-electron chi connectivity index (χ2n) is 5.05. The van der Waals surface area contributed by atoms with Crippen LogP contribution in [0, 0.1) is 34.6 Å². The van der Waals surface area contributed by atoms with E-state index in [2.05, 4.69) is 34.6 Å². The lowest BCUT2D eigenvalue weighted by molar-refractivity contribution is -0.142. The van der Waals surface area contributed by atoms with Crippen molar-refractivity contribution in [3.05, 3.63) is 33.4 Å². The molecule has 0 aromatic heterocycles. The molecule has 106 valence electrons. The predicted molar refractivity (Wildman–Crippen MR) is 75.5 cm³/mol. The third-order valence-electron chi connectivity index (χ3n) is 3.95. The molecule has 0 saturated heterocycles. The van der Waals surface area contributed by atoms with Crippen molar-refractivity contribution in [1.82, 2.24) is 0 Å². The molecule has 0 aliphatic heterocycles. The number of benzene rings is 1. The molecule has 0 fully saturated rings. The van der Waals surface area contributed by atoms with Gasteiger partial charge < -0.3 is 15.6 Å². The molecule has 3 N–H and O–H groups in total. The normalized spacial score (nSPS) is 12.5. The van der Waals surface area contributed by atoms with Crippen LogP contribution in [0.2, 0.25) is 0 Å². The number of carboxylic acid groups (broad SMARTS) is 1. The number of ether oxygens (including phenoxy) is 1. The number of nitrogens with two attached hydrogens (primary N) is 1. The number of hydrogen-bond acceptors (Lipinski definition) is 3. The Morgan fingerprint density at radius 1 is 1.05 bits per heavy atom. The Labute approximate surface area is 114 Å². The molecular weight excluding hydrogens is 242 g/mol. The second kappa shape index (κ2) is 6.17. The van der Waals surface area contributed by atoms with E-state index in [1.54, 1.807) is 0 Å². The summed E-state index contributed by atoms with van der Waals surface area (Å²) < 4.78 is 5.11. The van der Waals surface area contributed by atoms with Gasteiger partial charge in [0.05, 0.1) is 12.6 Å². The van der Waals surface area contributed by atoms with E-state index in [1.807, 2.05) is 0 Å². The van der Waals surface area contributed by atoms with Crippen molar-refractivity contribution in [1.29, 1.82) is 0 Å². The molecule has 1 unspecified atom stereocenters. The van der Waals surface area contributed by atoms with E-state index in [0.29, 0.717) is 0 Å². The van der Waals surface area contributed by atoms with Gasteiger partial charge in [-0.25, -0.2) is 4.79 Å². The van der Waals surface area contributed by atoms with Crippen LogP contribution in [0.25, 0.3) is 0 Å². The highest BCUT2D eigenvalue weighted by Crippen LogP contribution is 2.29. The van der Waals surface area contributed by atoms with Crippen LogP contribution in [-0.2, 0) is 9.53 Å². The molecule has 0 saturated carbocycles. The zero-order chi connectivity index (χ0) is 14.7. The lowest BCUT2D eigenvalue weighted by atomic mass is 9.87. The van der Waals surface area contributed by atoms with Gasteiger partial charge in [-0.05, 0) is 68.0 Å². The van der Waals surface area contributed by atoms with Crippen molar-refractivity contribution >= 4 is 5.97 Å². The van der Waals surface area contributed by atoms with Crippen LogP contribution in [0.5, 0.6) is 0 Å². The number of carboxylic acids is 1. The summed E-state index contributed by atoms with van der Waals surface area (Å²) >= 11 is 0. The second-order valence-corrected chi connectivity index (χ2v) is 5.05. The minimum atomic E-state index is -0.975. The third kappa shape index (κ3) is 3.33. The zero-order valence-corrected chi connectivity index (χ0v) is 12.3.